The van der Waals surface area contributed by atoms with E-state index < -0.39 is 11.4 Å². The first-order chi connectivity index (χ1) is 7.02. The quantitative estimate of drug-likeness (QED) is 0.693. The molecule has 94 valence electrons. The van der Waals surface area contributed by atoms with Crippen molar-refractivity contribution >= 4 is 11.8 Å². The predicted octanol–water partition coefficient (Wildman–Crippen LogP) is 1.96. The van der Waals surface area contributed by atoms with Crippen LogP contribution in [-0.2, 0) is 19.1 Å². The summed E-state index contributed by atoms with van der Waals surface area (Å²) in [6.07, 6.45) is 0. The average molecular weight is 230 g/mol. The summed E-state index contributed by atoms with van der Waals surface area (Å²) < 4.78 is 10.0. The molecule has 4 heteroatoms. The number of carbonyl (C=O) groups excluding carboxylic acids is 2. The lowest BCUT2D eigenvalue weighted by atomic mass is 9.91. The first-order valence-electron chi connectivity index (χ1n) is 5.35. The number of Topliss-reactive ketones (excluding diaryl/α,β-unsaturated/α-hetero) is 1. The van der Waals surface area contributed by atoms with Gasteiger partial charge in [0, 0.05) is 5.41 Å². The molecule has 0 aromatic rings. The van der Waals surface area contributed by atoms with Crippen LogP contribution in [0.4, 0.5) is 0 Å². The Labute approximate surface area is 97.3 Å². The van der Waals surface area contributed by atoms with Crippen molar-refractivity contribution in [2.75, 3.05) is 13.2 Å². The fourth-order valence-corrected chi connectivity index (χ4v) is 0.680. The first-order valence-corrected chi connectivity index (χ1v) is 5.35. The minimum absolute atomic E-state index is 0.100. The highest BCUT2D eigenvalue weighted by Crippen LogP contribution is 2.14. The Morgan fingerprint density at radius 1 is 0.938 bits per heavy atom. The van der Waals surface area contributed by atoms with Crippen LogP contribution in [0.3, 0.4) is 0 Å². The molecule has 0 amide bonds. The van der Waals surface area contributed by atoms with E-state index in [4.69, 9.17) is 9.47 Å². The van der Waals surface area contributed by atoms with Gasteiger partial charge in [0.1, 0.15) is 6.61 Å². The van der Waals surface area contributed by atoms with Gasteiger partial charge in [-0.2, -0.15) is 0 Å². The van der Waals surface area contributed by atoms with E-state index in [1.807, 2.05) is 20.8 Å². The van der Waals surface area contributed by atoms with Gasteiger partial charge in [0.25, 0.3) is 0 Å². The second kappa shape index (κ2) is 5.43. The highest BCUT2D eigenvalue weighted by Gasteiger charge is 2.22. The van der Waals surface area contributed by atoms with Crippen LogP contribution < -0.4 is 0 Å². The molecule has 0 radical (unpaired) electrons. The molecule has 0 aliphatic carbocycles. The third-order valence-corrected chi connectivity index (χ3v) is 1.82. The largest absolute Gasteiger partial charge is 0.456 e. The van der Waals surface area contributed by atoms with Gasteiger partial charge >= 0.3 is 5.97 Å². The summed E-state index contributed by atoms with van der Waals surface area (Å²) in [4.78, 5) is 22.7. The molecule has 0 spiro atoms. The van der Waals surface area contributed by atoms with E-state index in [-0.39, 0.29) is 24.6 Å². The van der Waals surface area contributed by atoms with Crippen molar-refractivity contribution in [1.82, 2.24) is 0 Å². The van der Waals surface area contributed by atoms with Crippen molar-refractivity contribution in [2.24, 2.45) is 5.41 Å². The molecule has 0 atom stereocenters. The lowest BCUT2D eigenvalue weighted by Crippen LogP contribution is -2.29. The van der Waals surface area contributed by atoms with Crippen molar-refractivity contribution in [3.8, 4) is 0 Å². The van der Waals surface area contributed by atoms with Crippen molar-refractivity contribution in [3.63, 3.8) is 0 Å². The molecule has 0 aromatic heterocycles. The standard InChI is InChI=1S/C12H22O4/c1-11(2,3)9(13)7-15-10(14)8-16-12(4,5)6/h7-8H2,1-6H3. The van der Waals surface area contributed by atoms with Gasteiger partial charge in [0.15, 0.2) is 12.4 Å². The monoisotopic (exact) mass is 230 g/mol. The molecule has 0 heterocycles. The van der Waals surface area contributed by atoms with Crippen molar-refractivity contribution < 1.29 is 19.1 Å². The summed E-state index contributed by atoms with van der Waals surface area (Å²) in [7, 11) is 0. The number of rotatable bonds is 4. The van der Waals surface area contributed by atoms with Crippen LogP contribution in [-0.4, -0.2) is 30.6 Å². The molecule has 0 saturated heterocycles. The summed E-state index contributed by atoms with van der Waals surface area (Å²) >= 11 is 0. The van der Waals surface area contributed by atoms with Gasteiger partial charge in [0.05, 0.1) is 5.60 Å². The van der Waals surface area contributed by atoms with Gasteiger partial charge in [-0.1, -0.05) is 20.8 Å². The van der Waals surface area contributed by atoms with Crippen LogP contribution >= 0.6 is 0 Å². The third kappa shape index (κ3) is 7.40. The minimum Gasteiger partial charge on any atom is -0.456 e. The molecule has 16 heavy (non-hydrogen) atoms. The van der Waals surface area contributed by atoms with Crippen molar-refractivity contribution in [3.05, 3.63) is 0 Å². The van der Waals surface area contributed by atoms with Crippen LogP contribution in [0.15, 0.2) is 0 Å². The number of ketones is 1. The molecule has 0 saturated carbocycles. The summed E-state index contributed by atoms with van der Waals surface area (Å²) in [5.74, 6) is -0.607. The summed E-state index contributed by atoms with van der Waals surface area (Å²) in [5, 5.41) is 0. The normalized spacial score (nSPS) is 12.4. The summed E-state index contributed by atoms with van der Waals surface area (Å²) in [6.45, 7) is 10.6. The van der Waals surface area contributed by atoms with Crippen LogP contribution in [0.25, 0.3) is 0 Å². The van der Waals surface area contributed by atoms with Gasteiger partial charge in [-0.3, -0.25) is 4.79 Å². The molecule has 0 aromatic carbocycles. The first kappa shape index (κ1) is 15.1. The Morgan fingerprint density at radius 3 is 1.81 bits per heavy atom. The van der Waals surface area contributed by atoms with Crippen LogP contribution in [0.2, 0.25) is 0 Å². The zero-order chi connectivity index (χ0) is 13.0. The molecule has 0 aliphatic rings. The Balaban J connectivity index is 3.88. The Hall–Kier alpha value is -0.900. The minimum atomic E-state index is -0.507. The smallest absolute Gasteiger partial charge is 0.332 e. The molecule has 0 rings (SSSR count). The molecule has 0 fully saturated rings. The van der Waals surface area contributed by atoms with E-state index in [2.05, 4.69) is 0 Å². The maximum absolute atomic E-state index is 11.5. The second-order valence-electron chi connectivity index (χ2n) is 5.73. The number of esters is 1. The molecule has 0 aliphatic heterocycles. The average Bonchev–Trinajstić information content (AvgIpc) is 2.08. The third-order valence-electron chi connectivity index (χ3n) is 1.82. The molecular weight excluding hydrogens is 208 g/mol. The lowest BCUT2D eigenvalue weighted by molar-refractivity contribution is -0.158. The predicted molar refractivity (Wildman–Crippen MR) is 61.1 cm³/mol. The van der Waals surface area contributed by atoms with Gasteiger partial charge < -0.3 is 9.47 Å². The van der Waals surface area contributed by atoms with E-state index in [0.717, 1.165) is 0 Å². The highest BCUT2D eigenvalue weighted by molar-refractivity contribution is 5.86. The van der Waals surface area contributed by atoms with Crippen LogP contribution in [0.1, 0.15) is 41.5 Å². The van der Waals surface area contributed by atoms with Gasteiger partial charge in [-0.05, 0) is 20.8 Å². The highest BCUT2D eigenvalue weighted by atomic mass is 16.6. The molecule has 0 N–H and O–H groups in total. The van der Waals surface area contributed by atoms with Crippen molar-refractivity contribution in [1.29, 1.82) is 0 Å². The fourth-order valence-electron chi connectivity index (χ4n) is 0.680. The number of ether oxygens (including phenoxy) is 2. The van der Waals surface area contributed by atoms with Gasteiger partial charge in [-0.15, -0.1) is 0 Å². The Bertz CT molecular complexity index is 255. The molecular formula is C12H22O4. The summed E-state index contributed by atoms with van der Waals surface area (Å²) in [5.41, 5.74) is -0.863. The topological polar surface area (TPSA) is 52.6 Å². The van der Waals surface area contributed by atoms with Crippen LogP contribution in [0.5, 0.6) is 0 Å². The fraction of sp³-hybridized carbons (Fsp3) is 0.833. The Morgan fingerprint density at radius 2 is 1.44 bits per heavy atom. The van der Waals surface area contributed by atoms with Gasteiger partial charge in [-0.25, -0.2) is 4.79 Å². The number of hydrogen-bond acceptors (Lipinski definition) is 4. The maximum atomic E-state index is 11.5. The maximum Gasteiger partial charge on any atom is 0.332 e. The van der Waals surface area contributed by atoms with Crippen molar-refractivity contribution in [2.45, 2.75) is 47.1 Å². The van der Waals surface area contributed by atoms with Crippen LogP contribution in [0, 0.1) is 5.41 Å². The summed E-state index contributed by atoms with van der Waals surface area (Å²) in [6, 6.07) is 0. The van der Waals surface area contributed by atoms with E-state index in [1.165, 1.54) is 0 Å². The SMILES string of the molecule is CC(C)(C)OCC(=O)OCC(=O)C(C)(C)C. The van der Waals surface area contributed by atoms with Gasteiger partial charge in [0.2, 0.25) is 0 Å². The Kier molecular flexibility index (Phi) is 5.13. The second-order valence-corrected chi connectivity index (χ2v) is 5.73. The molecule has 0 bridgehead atoms. The number of hydrogen-bond donors (Lipinski definition) is 0. The number of carbonyl (C=O) groups is 2. The van der Waals surface area contributed by atoms with E-state index >= 15 is 0 Å². The van der Waals surface area contributed by atoms with E-state index in [1.54, 1.807) is 20.8 Å². The molecule has 0 unspecified atom stereocenters. The molecule has 4 nitrogen and oxygen atoms in total. The zero-order valence-corrected chi connectivity index (χ0v) is 11.0. The van der Waals surface area contributed by atoms with E-state index in [9.17, 15) is 9.59 Å². The zero-order valence-electron chi connectivity index (χ0n) is 11.0. The van der Waals surface area contributed by atoms with E-state index in [0.29, 0.717) is 0 Å². The lowest BCUT2D eigenvalue weighted by Gasteiger charge is -2.19.